The van der Waals surface area contributed by atoms with Gasteiger partial charge in [-0.1, -0.05) is 66.7 Å². The van der Waals surface area contributed by atoms with Crippen LogP contribution in [-0.4, -0.2) is 44.1 Å². The highest BCUT2D eigenvalue weighted by Gasteiger charge is 2.47. The van der Waals surface area contributed by atoms with Gasteiger partial charge in [-0.2, -0.15) is 5.26 Å². The van der Waals surface area contributed by atoms with E-state index in [1.54, 1.807) is 23.8 Å². The standard InChI is InChI=1S/C32H29F2N3O2/c1-32(21-35,31(38)37-19-17-36(18-20-37)27-15-8-14-26(33)30(27)34)29(25-12-5-6-16-28(25)39-2)24-13-7-10-22-9-3-4-11-23(22)24/h3-16,29H,17-20H2,1-2H3/t29-,32?/m0/s1. The number of hydrogen-bond donors (Lipinski definition) is 0. The highest BCUT2D eigenvalue weighted by Crippen LogP contribution is 2.47. The first-order chi connectivity index (χ1) is 18.9. The lowest BCUT2D eigenvalue weighted by Gasteiger charge is -2.41. The number of carbonyl (C=O) groups excluding carboxylic acids is 1. The molecular weight excluding hydrogens is 496 g/mol. The number of piperazine rings is 1. The van der Waals surface area contributed by atoms with E-state index in [1.807, 2.05) is 66.7 Å². The van der Waals surface area contributed by atoms with Gasteiger partial charge in [0.1, 0.15) is 11.2 Å². The van der Waals surface area contributed by atoms with Gasteiger partial charge in [0, 0.05) is 37.7 Å². The summed E-state index contributed by atoms with van der Waals surface area (Å²) in [4.78, 5) is 17.6. The minimum absolute atomic E-state index is 0.174. The quantitative estimate of drug-likeness (QED) is 0.304. The van der Waals surface area contributed by atoms with Crippen LogP contribution in [0.5, 0.6) is 5.75 Å². The van der Waals surface area contributed by atoms with E-state index in [9.17, 15) is 18.8 Å². The lowest BCUT2D eigenvalue weighted by molar-refractivity contribution is -0.139. The molecule has 1 heterocycles. The number of amides is 1. The van der Waals surface area contributed by atoms with E-state index in [0.29, 0.717) is 18.8 Å². The van der Waals surface area contributed by atoms with Crippen LogP contribution in [-0.2, 0) is 4.79 Å². The molecule has 1 saturated heterocycles. The number of nitrogens with zero attached hydrogens (tertiary/aromatic N) is 3. The van der Waals surface area contributed by atoms with E-state index in [0.717, 1.165) is 28.0 Å². The number of anilines is 1. The number of rotatable bonds is 6. The summed E-state index contributed by atoms with van der Waals surface area (Å²) in [5.74, 6) is -2.15. The molecule has 7 heteroatoms. The Morgan fingerprint density at radius 2 is 1.54 bits per heavy atom. The van der Waals surface area contributed by atoms with Crippen molar-refractivity contribution >= 4 is 22.4 Å². The molecule has 0 radical (unpaired) electrons. The second kappa shape index (κ2) is 10.7. The minimum atomic E-state index is -1.48. The smallest absolute Gasteiger partial charge is 0.243 e. The summed E-state index contributed by atoms with van der Waals surface area (Å²) in [6.45, 7) is 2.88. The largest absolute Gasteiger partial charge is 0.496 e. The van der Waals surface area contributed by atoms with Gasteiger partial charge in [0.15, 0.2) is 11.6 Å². The van der Waals surface area contributed by atoms with Crippen molar-refractivity contribution in [1.82, 2.24) is 4.90 Å². The number of fused-ring (bicyclic) bond motifs is 1. The minimum Gasteiger partial charge on any atom is -0.496 e. The number of halogens is 2. The van der Waals surface area contributed by atoms with Crippen molar-refractivity contribution in [2.45, 2.75) is 12.8 Å². The van der Waals surface area contributed by atoms with Crippen molar-refractivity contribution in [2.24, 2.45) is 5.41 Å². The van der Waals surface area contributed by atoms with Gasteiger partial charge >= 0.3 is 0 Å². The Hall–Kier alpha value is -4.44. The maximum absolute atomic E-state index is 14.4. The predicted octanol–water partition coefficient (Wildman–Crippen LogP) is 6.14. The Morgan fingerprint density at radius 1 is 0.897 bits per heavy atom. The first-order valence-corrected chi connectivity index (χ1v) is 12.9. The number of nitriles is 1. The van der Waals surface area contributed by atoms with Gasteiger partial charge in [0.2, 0.25) is 5.91 Å². The highest BCUT2D eigenvalue weighted by molar-refractivity contribution is 5.91. The van der Waals surface area contributed by atoms with E-state index in [1.165, 1.54) is 12.1 Å². The van der Waals surface area contributed by atoms with Gasteiger partial charge in [-0.05, 0) is 41.5 Å². The van der Waals surface area contributed by atoms with Crippen LogP contribution in [0.4, 0.5) is 14.5 Å². The van der Waals surface area contributed by atoms with Crippen LogP contribution in [0.2, 0.25) is 0 Å². The molecular formula is C32H29F2N3O2. The molecule has 1 unspecified atom stereocenters. The summed E-state index contributed by atoms with van der Waals surface area (Å²) < 4.78 is 33.9. The molecule has 5 nitrogen and oxygen atoms in total. The monoisotopic (exact) mass is 525 g/mol. The van der Waals surface area contributed by atoms with E-state index in [2.05, 4.69) is 6.07 Å². The Labute approximate surface area is 226 Å². The van der Waals surface area contributed by atoms with Gasteiger partial charge in [-0.3, -0.25) is 4.79 Å². The number of benzene rings is 4. The van der Waals surface area contributed by atoms with Gasteiger partial charge in [-0.25, -0.2) is 8.78 Å². The topological polar surface area (TPSA) is 56.6 Å². The van der Waals surface area contributed by atoms with Crippen molar-refractivity contribution in [3.05, 3.63) is 108 Å². The zero-order valence-electron chi connectivity index (χ0n) is 21.9. The van der Waals surface area contributed by atoms with Crippen molar-refractivity contribution < 1.29 is 18.3 Å². The van der Waals surface area contributed by atoms with E-state index >= 15 is 0 Å². The van der Waals surface area contributed by atoms with Crippen molar-refractivity contribution in [1.29, 1.82) is 5.26 Å². The second-order valence-electron chi connectivity index (χ2n) is 9.91. The molecule has 0 spiro atoms. The fourth-order valence-electron chi connectivity index (χ4n) is 5.65. The molecule has 0 bridgehead atoms. The number of carbonyl (C=O) groups is 1. The predicted molar refractivity (Wildman–Crippen MR) is 148 cm³/mol. The number of methoxy groups -OCH3 is 1. The molecule has 1 aliphatic heterocycles. The summed E-state index contributed by atoms with van der Waals surface area (Å²) in [6, 6.07) is 27.8. The molecule has 1 fully saturated rings. The first-order valence-electron chi connectivity index (χ1n) is 12.9. The fourth-order valence-corrected chi connectivity index (χ4v) is 5.65. The lowest BCUT2D eigenvalue weighted by Crippen LogP contribution is -2.54. The molecule has 198 valence electrons. The highest BCUT2D eigenvalue weighted by atomic mass is 19.2. The number of hydrogen-bond acceptors (Lipinski definition) is 4. The second-order valence-corrected chi connectivity index (χ2v) is 9.91. The fraction of sp³-hybridized carbons (Fsp3) is 0.250. The molecule has 0 aromatic heterocycles. The first kappa shape index (κ1) is 26.2. The molecule has 4 aromatic rings. The maximum atomic E-state index is 14.4. The third kappa shape index (κ3) is 4.67. The zero-order chi connectivity index (χ0) is 27.6. The van der Waals surface area contributed by atoms with Crippen LogP contribution in [0.25, 0.3) is 10.8 Å². The summed E-state index contributed by atoms with van der Waals surface area (Å²) in [6.07, 6.45) is 0. The molecule has 5 rings (SSSR count). The van der Waals surface area contributed by atoms with Crippen LogP contribution in [0, 0.1) is 28.4 Å². The van der Waals surface area contributed by atoms with Gasteiger partial charge in [0.25, 0.3) is 0 Å². The summed E-state index contributed by atoms with van der Waals surface area (Å²) in [5.41, 5.74) is 0.294. The van der Waals surface area contributed by atoms with Gasteiger partial charge in [0.05, 0.1) is 18.9 Å². The molecule has 0 N–H and O–H groups in total. The maximum Gasteiger partial charge on any atom is 0.243 e. The lowest BCUT2D eigenvalue weighted by atomic mass is 9.68. The normalized spacial score (nSPS) is 15.9. The summed E-state index contributed by atoms with van der Waals surface area (Å²) in [7, 11) is 1.58. The molecule has 1 amide bonds. The Bertz CT molecular complexity index is 1550. The molecule has 4 aromatic carbocycles. The van der Waals surface area contributed by atoms with Gasteiger partial charge in [-0.15, -0.1) is 0 Å². The molecule has 2 atom stereocenters. The van der Waals surface area contributed by atoms with Crippen molar-refractivity contribution in [3.63, 3.8) is 0 Å². The molecule has 0 saturated carbocycles. The van der Waals surface area contributed by atoms with Crippen LogP contribution in [0.15, 0.2) is 84.9 Å². The number of para-hydroxylation sites is 1. The number of ether oxygens (including phenoxy) is 1. The van der Waals surface area contributed by atoms with Crippen LogP contribution < -0.4 is 9.64 Å². The van der Waals surface area contributed by atoms with Crippen molar-refractivity contribution in [2.75, 3.05) is 38.2 Å². The Morgan fingerprint density at radius 3 is 2.28 bits per heavy atom. The van der Waals surface area contributed by atoms with E-state index in [4.69, 9.17) is 4.74 Å². The zero-order valence-corrected chi connectivity index (χ0v) is 21.9. The van der Waals surface area contributed by atoms with Crippen LogP contribution in [0.1, 0.15) is 24.0 Å². The Kier molecular flexibility index (Phi) is 7.21. The molecule has 39 heavy (non-hydrogen) atoms. The van der Waals surface area contributed by atoms with Crippen LogP contribution in [0.3, 0.4) is 0 Å². The molecule has 1 aliphatic rings. The van der Waals surface area contributed by atoms with E-state index in [-0.39, 0.29) is 24.7 Å². The third-order valence-corrected chi connectivity index (χ3v) is 7.68. The van der Waals surface area contributed by atoms with E-state index < -0.39 is 23.0 Å². The van der Waals surface area contributed by atoms with Crippen molar-refractivity contribution in [3.8, 4) is 11.8 Å². The van der Waals surface area contributed by atoms with Gasteiger partial charge < -0.3 is 14.5 Å². The van der Waals surface area contributed by atoms with Crippen LogP contribution >= 0.6 is 0 Å². The summed E-state index contributed by atoms with van der Waals surface area (Å²) >= 11 is 0. The molecule has 0 aliphatic carbocycles. The SMILES string of the molecule is COc1ccccc1[C@H](c1cccc2ccccc12)C(C)(C#N)C(=O)N1CCN(c2cccc(F)c2F)CC1. The summed E-state index contributed by atoms with van der Waals surface area (Å²) in [5, 5.41) is 12.6. The third-order valence-electron chi connectivity index (χ3n) is 7.68. The Balaban J connectivity index is 1.54. The average molecular weight is 526 g/mol. The average Bonchev–Trinajstić information content (AvgIpc) is 2.98.